The number of carbonyl (C=O) groups is 3. The third kappa shape index (κ3) is 2.62. The van der Waals surface area contributed by atoms with Gasteiger partial charge in [0.25, 0.3) is 17.7 Å². The van der Waals surface area contributed by atoms with Gasteiger partial charge in [0, 0.05) is 19.2 Å². The summed E-state index contributed by atoms with van der Waals surface area (Å²) < 4.78 is 0. The van der Waals surface area contributed by atoms with Gasteiger partial charge in [0.1, 0.15) is 0 Å². The molecule has 6 heteroatoms. The molecule has 0 aromatic heterocycles. The van der Waals surface area contributed by atoms with Gasteiger partial charge in [0.05, 0.1) is 11.1 Å². The second-order valence-corrected chi connectivity index (χ2v) is 5.83. The number of amides is 3. The second-order valence-electron chi connectivity index (χ2n) is 5.83. The number of nitrogens with zero attached hydrogens (tertiary/aromatic N) is 1. The van der Waals surface area contributed by atoms with Gasteiger partial charge in [0.2, 0.25) is 0 Å². The van der Waals surface area contributed by atoms with Crippen molar-refractivity contribution in [2.75, 3.05) is 26.7 Å². The van der Waals surface area contributed by atoms with Crippen LogP contribution in [0.5, 0.6) is 0 Å². The molecule has 2 aliphatic rings. The van der Waals surface area contributed by atoms with Crippen molar-refractivity contribution in [1.82, 2.24) is 15.5 Å². The Labute approximate surface area is 128 Å². The van der Waals surface area contributed by atoms with Crippen molar-refractivity contribution in [3.05, 3.63) is 34.9 Å². The van der Waals surface area contributed by atoms with Gasteiger partial charge in [-0.15, -0.1) is 0 Å². The second kappa shape index (κ2) is 5.88. The summed E-state index contributed by atoms with van der Waals surface area (Å²) in [5.74, 6) is -0.260. The number of hydrogen-bond acceptors (Lipinski definition) is 4. The van der Waals surface area contributed by atoms with E-state index in [1.807, 2.05) is 0 Å². The molecular formula is C16H19N3O3. The van der Waals surface area contributed by atoms with Crippen LogP contribution in [0.25, 0.3) is 0 Å². The van der Waals surface area contributed by atoms with Crippen LogP contribution in [0.2, 0.25) is 0 Å². The van der Waals surface area contributed by atoms with Crippen molar-refractivity contribution < 1.29 is 14.4 Å². The zero-order valence-corrected chi connectivity index (χ0v) is 12.5. The molecule has 1 saturated heterocycles. The van der Waals surface area contributed by atoms with Crippen molar-refractivity contribution in [3.63, 3.8) is 0 Å². The van der Waals surface area contributed by atoms with E-state index >= 15 is 0 Å². The first kappa shape index (κ1) is 14.7. The van der Waals surface area contributed by atoms with E-state index in [0.717, 1.165) is 30.8 Å². The number of imide groups is 1. The molecule has 1 aromatic carbocycles. The summed E-state index contributed by atoms with van der Waals surface area (Å²) in [6, 6.07) is 4.65. The number of fused-ring (bicyclic) bond motifs is 1. The highest BCUT2D eigenvalue weighted by Crippen LogP contribution is 2.22. The van der Waals surface area contributed by atoms with Crippen molar-refractivity contribution in [2.24, 2.45) is 5.92 Å². The summed E-state index contributed by atoms with van der Waals surface area (Å²) in [5, 5.41) is 6.17. The molecule has 22 heavy (non-hydrogen) atoms. The maximum atomic E-state index is 12.2. The predicted molar refractivity (Wildman–Crippen MR) is 80.8 cm³/mol. The fourth-order valence-corrected chi connectivity index (χ4v) is 2.96. The fourth-order valence-electron chi connectivity index (χ4n) is 2.96. The zero-order valence-electron chi connectivity index (χ0n) is 12.5. The van der Waals surface area contributed by atoms with Gasteiger partial charge in [-0.25, -0.2) is 0 Å². The summed E-state index contributed by atoms with van der Waals surface area (Å²) in [7, 11) is 1.44. The van der Waals surface area contributed by atoms with Gasteiger partial charge in [-0.1, -0.05) is 0 Å². The molecule has 0 aliphatic carbocycles. The average molecular weight is 301 g/mol. The Hall–Kier alpha value is -2.21. The van der Waals surface area contributed by atoms with Crippen LogP contribution in [-0.4, -0.2) is 49.3 Å². The quantitative estimate of drug-likeness (QED) is 0.800. The molecule has 6 nitrogen and oxygen atoms in total. The average Bonchev–Trinajstić information content (AvgIpc) is 3.11. The minimum atomic E-state index is -0.355. The topological polar surface area (TPSA) is 78.5 Å². The molecule has 1 unspecified atom stereocenters. The van der Waals surface area contributed by atoms with E-state index in [0.29, 0.717) is 29.2 Å². The van der Waals surface area contributed by atoms with Crippen LogP contribution in [0.3, 0.4) is 0 Å². The van der Waals surface area contributed by atoms with E-state index in [-0.39, 0.29) is 17.7 Å². The molecule has 3 amide bonds. The lowest BCUT2D eigenvalue weighted by Crippen LogP contribution is -2.26. The maximum absolute atomic E-state index is 12.2. The molecule has 0 saturated carbocycles. The van der Waals surface area contributed by atoms with Crippen molar-refractivity contribution in [2.45, 2.75) is 12.8 Å². The number of benzene rings is 1. The van der Waals surface area contributed by atoms with Gasteiger partial charge in [-0.3, -0.25) is 19.3 Å². The van der Waals surface area contributed by atoms with Crippen molar-refractivity contribution >= 4 is 17.7 Å². The highest BCUT2D eigenvalue weighted by molar-refractivity contribution is 6.21. The number of nitrogens with one attached hydrogen (secondary N) is 2. The van der Waals surface area contributed by atoms with Gasteiger partial charge in [0.15, 0.2) is 0 Å². The molecule has 2 aliphatic heterocycles. The SMILES string of the molecule is CN1C(=O)c2ccc(C(=O)NCCC3CCNC3)cc2C1=O. The minimum absolute atomic E-state index is 0.205. The lowest BCUT2D eigenvalue weighted by Gasteiger charge is -2.09. The molecule has 1 fully saturated rings. The highest BCUT2D eigenvalue weighted by atomic mass is 16.2. The molecule has 1 atom stereocenters. The molecule has 1 aromatic rings. The predicted octanol–water partition coefficient (Wildman–Crippen LogP) is 0.642. The number of rotatable bonds is 4. The van der Waals surface area contributed by atoms with E-state index in [4.69, 9.17) is 0 Å². The Kier molecular flexibility index (Phi) is 3.94. The number of hydrogen-bond donors (Lipinski definition) is 2. The normalized spacial score (nSPS) is 20.4. The van der Waals surface area contributed by atoms with Crippen LogP contribution in [0.4, 0.5) is 0 Å². The molecular weight excluding hydrogens is 282 g/mol. The van der Waals surface area contributed by atoms with Gasteiger partial charge in [-0.2, -0.15) is 0 Å². The molecule has 2 heterocycles. The largest absolute Gasteiger partial charge is 0.352 e. The summed E-state index contributed by atoms with van der Waals surface area (Å²) >= 11 is 0. The summed E-state index contributed by atoms with van der Waals surface area (Å²) in [6.07, 6.45) is 2.10. The van der Waals surface area contributed by atoms with Crippen LogP contribution in [0.1, 0.15) is 43.9 Å². The Balaban J connectivity index is 1.64. The standard InChI is InChI=1S/C16H19N3O3/c1-19-15(21)12-3-2-11(8-13(12)16(19)22)14(20)18-7-5-10-4-6-17-9-10/h2-3,8,10,17H,4-7,9H2,1H3,(H,18,20). The smallest absolute Gasteiger partial charge is 0.261 e. The van der Waals surface area contributed by atoms with Crippen LogP contribution in [0.15, 0.2) is 18.2 Å². The maximum Gasteiger partial charge on any atom is 0.261 e. The lowest BCUT2D eigenvalue weighted by molar-refractivity contribution is 0.0693. The van der Waals surface area contributed by atoms with Crippen LogP contribution >= 0.6 is 0 Å². The molecule has 0 radical (unpaired) electrons. The van der Waals surface area contributed by atoms with E-state index in [9.17, 15) is 14.4 Å². The van der Waals surface area contributed by atoms with E-state index < -0.39 is 0 Å². The third-order valence-electron chi connectivity index (χ3n) is 4.35. The third-order valence-corrected chi connectivity index (χ3v) is 4.35. The summed E-state index contributed by atoms with van der Waals surface area (Å²) in [5.41, 5.74) is 1.08. The van der Waals surface area contributed by atoms with E-state index in [1.165, 1.54) is 13.1 Å². The monoisotopic (exact) mass is 301 g/mol. The molecule has 3 rings (SSSR count). The first-order valence-corrected chi connectivity index (χ1v) is 7.53. The van der Waals surface area contributed by atoms with Crippen LogP contribution < -0.4 is 10.6 Å². The van der Waals surface area contributed by atoms with Crippen LogP contribution in [0, 0.1) is 5.92 Å². The van der Waals surface area contributed by atoms with E-state index in [2.05, 4.69) is 10.6 Å². The van der Waals surface area contributed by atoms with Crippen LogP contribution in [-0.2, 0) is 0 Å². The molecule has 116 valence electrons. The summed E-state index contributed by atoms with van der Waals surface area (Å²) in [6.45, 7) is 2.68. The fraction of sp³-hybridized carbons (Fsp3) is 0.438. The van der Waals surface area contributed by atoms with Gasteiger partial charge >= 0.3 is 0 Å². The lowest BCUT2D eigenvalue weighted by atomic mass is 10.0. The Morgan fingerprint density at radius 1 is 1.32 bits per heavy atom. The Bertz CT molecular complexity index is 636. The number of carbonyl (C=O) groups excluding carboxylic acids is 3. The zero-order chi connectivity index (χ0) is 15.7. The van der Waals surface area contributed by atoms with Crippen molar-refractivity contribution in [3.8, 4) is 0 Å². The molecule has 0 bridgehead atoms. The van der Waals surface area contributed by atoms with Gasteiger partial charge < -0.3 is 10.6 Å². The van der Waals surface area contributed by atoms with Gasteiger partial charge in [-0.05, 0) is 50.0 Å². The molecule has 2 N–H and O–H groups in total. The Morgan fingerprint density at radius 2 is 2.09 bits per heavy atom. The Morgan fingerprint density at radius 3 is 2.82 bits per heavy atom. The molecule has 0 spiro atoms. The first-order chi connectivity index (χ1) is 10.6. The summed E-state index contributed by atoms with van der Waals surface area (Å²) in [4.78, 5) is 37.0. The highest BCUT2D eigenvalue weighted by Gasteiger charge is 2.33. The van der Waals surface area contributed by atoms with E-state index in [1.54, 1.807) is 12.1 Å². The first-order valence-electron chi connectivity index (χ1n) is 7.53. The minimum Gasteiger partial charge on any atom is -0.352 e. The van der Waals surface area contributed by atoms with Crippen molar-refractivity contribution in [1.29, 1.82) is 0 Å².